The number of para-hydroxylation sites is 1. The predicted molar refractivity (Wildman–Crippen MR) is 87.3 cm³/mol. The predicted octanol–water partition coefficient (Wildman–Crippen LogP) is 1.04. The lowest BCUT2D eigenvalue weighted by Crippen LogP contribution is -2.38. The van der Waals surface area contributed by atoms with Crippen LogP contribution >= 0.6 is 0 Å². The van der Waals surface area contributed by atoms with Crippen molar-refractivity contribution in [1.82, 2.24) is 9.80 Å². The fourth-order valence-electron chi connectivity index (χ4n) is 3.39. The third-order valence-corrected chi connectivity index (χ3v) is 4.57. The average molecular weight is 303 g/mol. The van der Waals surface area contributed by atoms with Crippen molar-refractivity contribution in [3.8, 4) is 0 Å². The van der Waals surface area contributed by atoms with Crippen molar-refractivity contribution in [3.05, 3.63) is 29.8 Å². The summed E-state index contributed by atoms with van der Waals surface area (Å²) < 4.78 is 0. The van der Waals surface area contributed by atoms with Gasteiger partial charge >= 0.3 is 0 Å². The lowest BCUT2D eigenvalue weighted by atomic mass is 10.1. The van der Waals surface area contributed by atoms with Crippen LogP contribution in [0.2, 0.25) is 0 Å². The zero-order valence-corrected chi connectivity index (χ0v) is 13.2. The molecule has 120 valence electrons. The molecule has 0 saturated carbocycles. The van der Waals surface area contributed by atoms with E-state index in [0.717, 1.165) is 30.9 Å². The monoisotopic (exact) mass is 303 g/mol. The third-order valence-electron chi connectivity index (χ3n) is 4.57. The van der Waals surface area contributed by atoms with Gasteiger partial charge in [-0.1, -0.05) is 12.1 Å². The molecule has 0 aromatic heterocycles. The molecular formula is C17H25N3O2. The van der Waals surface area contributed by atoms with Gasteiger partial charge in [0.2, 0.25) is 0 Å². The standard InChI is InChI=1S/C17H25N3O2/c1-18-10-11-20(13-14(21)12-18)17(22)15-6-2-3-7-16(15)19-8-4-5-9-19/h2-3,6-7,14,21H,4-5,8-13H2,1H3. The number of likely N-dealkylation sites (N-methyl/N-ethyl adjacent to an activating group) is 1. The molecule has 1 N–H and O–H groups in total. The molecule has 5 nitrogen and oxygen atoms in total. The summed E-state index contributed by atoms with van der Waals surface area (Å²) >= 11 is 0. The minimum atomic E-state index is -0.476. The van der Waals surface area contributed by atoms with Crippen LogP contribution in [0, 0.1) is 0 Å². The normalized spacial score (nSPS) is 23.6. The van der Waals surface area contributed by atoms with Crippen LogP contribution in [0.25, 0.3) is 0 Å². The van der Waals surface area contributed by atoms with E-state index in [1.54, 1.807) is 4.90 Å². The maximum Gasteiger partial charge on any atom is 0.256 e. The zero-order chi connectivity index (χ0) is 15.5. The summed E-state index contributed by atoms with van der Waals surface area (Å²) in [5, 5.41) is 10.1. The summed E-state index contributed by atoms with van der Waals surface area (Å²) in [6, 6.07) is 7.87. The highest BCUT2D eigenvalue weighted by Crippen LogP contribution is 2.26. The van der Waals surface area contributed by atoms with Crippen molar-refractivity contribution in [2.24, 2.45) is 0 Å². The van der Waals surface area contributed by atoms with Crippen LogP contribution in [-0.2, 0) is 0 Å². The number of anilines is 1. The fourth-order valence-corrected chi connectivity index (χ4v) is 3.39. The first-order chi connectivity index (χ1) is 10.6. The van der Waals surface area contributed by atoms with Gasteiger partial charge in [-0.25, -0.2) is 0 Å². The Morgan fingerprint density at radius 2 is 1.82 bits per heavy atom. The fraction of sp³-hybridized carbons (Fsp3) is 0.588. The van der Waals surface area contributed by atoms with E-state index in [-0.39, 0.29) is 5.91 Å². The van der Waals surface area contributed by atoms with Gasteiger partial charge in [0.1, 0.15) is 0 Å². The number of carbonyl (C=O) groups is 1. The van der Waals surface area contributed by atoms with Crippen LogP contribution in [0.15, 0.2) is 24.3 Å². The molecule has 2 aliphatic heterocycles. The Labute approximate surface area is 132 Å². The first kappa shape index (κ1) is 15.3. The van der Waals surface area contributed by atoms with Crippen LogP contribution in [0.1, 0.15) is 23.2 Å². The van der Waals surface area contributed by atoms with Crippen molar-refractivity contribution in [2.45, 2.75) is 18.9 Å². The summed E-state index contributed by atoms with van der Waals surface area (Å²) in [4.78, 5) is 19.1. The second kappa shape index (κ2) is 6.67. The van der Waals surface area contributed by atoms with Gasteiger partial charge in [0, 0.05) is 45.0 Å². The summed E-state index contributed by atoms with van der Waals surface area (Å²) in [5.41, 5.74) is 1.80. The van der Waals surface area contributed by atoms with Crippen LogP contribution in [0.5, 0.6) is 0 Å². The van der Waals surface area contributed by atoms with E-state index in [9.17, 15) is 9.90 Å². The molecule has 1 atom stereocenters. The lowest BCUT2D eigenvalue weighted by molar-refractivity contribution is 0.0667. The molecule has 2 heterocycles. The first-order valence-electron chi connectivity index (χ1n) is 8.15. The minimum absolute atomic E-state index is 0.0388. The van der Waals surface area contributed by atoms with Gasteiger partial charge in [-0.05, 0) is 32.0 Å². The second-order valence-corrected chi connectivity index (χ2v) is 6.38. The van der Waals surface area contributed by atoms with Crippen molar-refractivity contribution in [3.63, 3.8) is 0 Å². The molecule has 1 amide bonds. The maximum absolute atomic E-state index is 13.0. The van der Waals surface area contributed by atoms with Crippen LogP contribution in [0.3, 0.4) is 0 Å². The maximum atomic E-state index is 13.0. The smallest absolute Gasteiger partial charge is 0.256 e. The number of nitrogens with zero attached hydrogens (tertiary/aromatic N) is 3. The highest BCUT2D eigenvalue weighted by molar-refractivity contribution is 6.00. The molecule has 2 saturated heterocycles. The summed E-state index contributed by atoms with van der Waals surface area (Å²) in [6.45, 7) is 4.55. The molecule has 1 aromatic carbocycles. The Kier molecular flexibility index (Phi) is 4.64. The number of aliphatic hydroxyl groups excluding tert-OH is 1. The second-order valence-electron chi connectivity index (χ2n) is 6.38. The summed E-state index contributed by atoms with van der Waals surface area (Å²) in [6.07, 6.45) is 1.90. The Bertz CT molecular complexity index is 528. The summed E-state index contributed by atoms with van der Waals surface area (Å²) in [7, 11) is 1.98. The third kappa shape index (κ3) is 3.25. The Morgan fingerprint density at radius 3 is 2.59 bits per heavy atom. The number of hydrogen-bond donors (Lipinski definition) is 1. The molecule has 0 spiro atoms. The number of amides is 1. The number of hydrogen-bond acceptors (Lipinski definition) is 4. The Hall–Kier alpha value is -1.59. The number of rotatable bonds is 2. The number of β-amino-alcohol motifs (C(OH)–C–C–N with tert-alkyl or cyclic N) is 1. The van der Waals surface area contributed by atoms with Gasteiger partial charge in [0.15, 0.2) is 0 Å². The molecule has 0 radical (unpaired) electrons. The Morgan fingerprint density at radius 1 is 1.09 bits per heavy atom. The van der Waals surface area contributed by atoms with Crippen LogP contribution in [0.4, 0.5) is 5.69 Å². The molecule has 1 unspecified atom stereocenters. The molecule has 1 aromatic rings. The van der Waals surface area contributed by atoms with E-state index in [2.05, 4.69) is 9.80 Å². The zero-order valence-electron chi connectivity index (χ0n) is 13.2. The molecule has 2 aliphatic rings. The highest BCUT2D eigenvalue weighted by Gasteiger charge is 2.26. The SMILES string of the molecule is CN1CCN(C(=O)c2ccccc2N2CCCC2)CC(O)C1. The molecule has 3 rings (SSSR count). The van der Waals surface area contributed by atoms with E-state index < -0.39 is 6.10 Å². The van der Waals surface area contributed by atoms with Crippen molar-refractivity contribution < 1.29 is 9.90 Å². The largest absolute Gasteiger partial charge is 0.390 e. The molecule has 2 fully saturated rings. The molecule has 22 heavy (non-hydrogen) atoms. The van der Waals surface area contributed by atoms with Gasteiger partial charge < -0.3 is 19.8 Å². The molecule has 0 aliphatic carbocycles. The van der Waals surface area contributed by atoms with Crippen molar-refractivity contribution in [2.75, 3.05) is 51.2 Å². The van der Waals surface area contributed by atoms with Gasteiger partial charge in [-0.15, -0.1) is 0 Å². The highest BCUT2D eigenvalue weighted by atomic mass is 16.3. The number of benzene rings is 1. The van der Waals surface area contributed by atoms with Crippen molar-refractivity contribution in [1.29, 1.82) is 0 Å². The van der Waals surface area contributed by atoms with E-state index in [1.807, 2.05) is 31.3 Å². The van der Waals surface area contributed by atoms with Gasteiger partial charge in [0.05, 0.1) is 11.7 Å². The van der Waals surface area contributed by atoms with E-state index in [4.69, 9.17) is 0 Å². The lowest BCUT2D eigenvalue weighted by Gasteiger charge is -2.26. The average Bonchev–Trinajstić information content (AvgIpc) is 2.99. The first-order valence-corrected chi connectivity index (χ1v) is 8.15. The quantitative estimate of drug-likeness (QED) is 0.887. The minimum Gasteiger partial charge on any atom is -0.390 e. The molecule has 5 heteroatoms. The van der Waals surface area contributed by atoms with Crippen molar-refractivity contribution >= 4 is 11.6 Å². The van der Waals surface area contributed by atoms with E-state index in [0.29, 0.717) is 19.6 Å². The molecule has 0 bridgehead atoms. The van der Waals surface area contributed by atoms with Gasteiger partial charge in [-0.2, -0.15) is 0 Å². The summed E-state index contributed by atoms with van der Waals surface area (Å²) in [5.74, 6) is 0.0388. The molecular weight excluding hydrogens is 278 g/mol. The Balaban J connectivity index is 1.82. The van der Waals surface area contributed by atoms with Crippen LogP contribution in [-0.4, -0.2) is 73.2 Å². The van der Waals surface area contributed by atoms with Gasteiger partial charge in [0.25, 0.3) is 5.91 Å². The number of aliphatic hydroxyl groups is 1. The van der Waals surface area contributed by atoms with E-state index in [1.165, 1.54) is 12.8 Å². The topological polar surface area (TPSA) is 47.0 Å². The number of carbonyl (C=O) groups excluding carboxylic acids is 1. The van der Waals surface area contributed by atoms with Crippen LogP contribution < -0.4 is 4.90 Å². The van der Waals surface area contributed by atoms with Gasteiger partial charge in [-0.3, -0.25) is 4.79 Å². The van der Waals surface area contributed by atoms with E-state index >= 15 is 0 Å².